The maximum Gasteiger partial charge on any atom is 0.146 e. The second kappa shape index (κ2) is 2.76. The Kier molecular flexibility index (Phi) is 2.03. The van der Waals surface area contributed by atoms with Gasteiger partial charge in [0.15, 0.2) is 0 Å². The molecule has 0 fully saturated rings. The second-order valence-electron chi connectivity index (χ2n) is 3.93. The minimum absolute atomic E-state index is 0.0968. The van der Waals surface area contributed by atoms with Crippen LogP contribution in [0.1, 0.15) is 26.5 Å². The van der Waals surface area contributed by atoms with Crippen molar-refractivity contribution in [1.29, 1.82) is 5.41 Å². The third kappa shape index (κ3) is 1.63. The molecule has 0 amide bonds. The molecule has 72 valence electrons. The molecular weight excluding hydrogens is 166 g/mol. The number of rotatable bonds is 1. The number of hydrogen-bond donors (Lipinski definition) is 3. The summed E-state index contributed by atoms with van der Waals surface area (Å²) in [4.78, 5) is 3.97. The van der Waals surface area contributed by atoms with E-state index in [0.717, 1.165) is 0 Å². The van der Waals surface area contributed by atoms with Gasteiger partial charge in [0.25, 0.3) is 0 Å². The molecule has 5 N–H and O–H groups in total. The lowest BCUT2D eigenvalue weighted by Crippen LogP contribution is -2.23. The molecule has 1 rings (SSSR count). The highest BCUT2D eigenvalue weighted by Gasteiger charge is 2.19. The van der Waals surface area contributed by atoms with Crippen molar-refractivity contribution in [3.05, 3.63) is 12.0 Å². The Hall–Kier alpha value is -1.52. The average molecular weight is 181 g/mol. The van der Waals surface area contributed by atoms with E-state index in [1.807, 2.05) is 20.8 Å². The van der Waals surface area contributed by atoms with Gasteiger partial charge in [-0.25, -0.2) is 4.98 Å². The summed E-state index contributed by atoms with van der Waals surface area (Å²) < 4.78 is 1.80. The number of amidine groups is 1. The van der Waals surface area contributed by atoms with E-state index >= 15 is 0 Å². The molecule has 0 saturated carbocycles. The molecule has 0 unspecified atom stereocenters. The molecule has 0 spiro atoms. The first-order chi connectivity index (χ1) is 5.84. The molecular formula is C8H15N5. The van der Waals surface area contributed by atoms with E-state index in [1.165, 1.54) is 0 Å². The van der Waals surface area contributed by atoms with Gasteiger partial charge < -0.3 is 16.0 Å². The minimum atomic E-state index is -0.134. The molecule has 5 heteroatoms. The number of imidazole rings is 1. The fourth-order valence-corrected chi connectivity index (χ4v) is 1.10. The summed E-state index contributed by atoms with van der Waals surface area (Å²) in [5.74, 6) is 0.348. The highest BCUT2D eigenvalue weighted by Crippen LogP contribution is 2.20. The third-order valence-electron chi connectivity index (χ3n) is 1.78. The first-order valence-corrected chi connectivity index (χ1v) is 4.01. The standard InChI is InChI=1S/C8H15N5/c1-8(2,3)13-4-12-5(6(9)10)7(13)11/h4H,11H2,1-3H3,(H3,9,10). The Morgan fingerprint density at radius 2 is 2.08 bits per heavy atom. The van der Waals surface area contributed by atoms with Gasteiger partial charge in [-0.05, 0) is 20.8 Å². The van der Waals surface area contributed by atoms with E-state index in [0.29, 0.717) is 11.5 Å². The van der Waals surface area contributed by atoms with Gasteiger partial charge in [-0.3, -0.25) is 5.41 Å². The Morgan fingerprint density at radius 1 is 1.54 bits per heavy atom. The zero-order valence-electron chi connectivity index (χ0n) is 8.13. The van der Waals surface area contributed by atoms with Crippen molar-refractivity contribution >= 4 is 11.7 Å². The molecule has 0 saturated heterocycles. The van der Waals surface area contributed by atoms with Crippen LogP contribution in [0.2, 0.25) is 0 Å². The van der Waals surface area contributed by atoms with Crippen molar-refractivity contribution in [3.63, 3.8) is 0 Å². The van der Waals surface area contributed by atoms with E-state index in [2.05, 4.69) is 4.98 Å². The van der Waals surface area contributed by atoms with E-state index in [4.69, 9.17) is 16.9 Å². The number of anilines is 1. The zero-order valence-corrected chi connectivity index (χ0v) is 8.13. The zero-order chi connectivity index (χ0) is 10.2. The van der Waals surface area contributed by atoms with E-state index in [-0.39, 0.29) is 11.4 Å². The van der Waals surface area contributed by atoms with Crippen molar-refractivity contribution in [2.24, 2.45) is 5.73 Å². The Bertz CT molecular complexity index is 331. The van der Waals surface area contributed by atoms with Crippen LogP contribution in [0.5, 0.6) is 0 Å². The molecule has 1 aromatic heterocycles. The van der Waals surface area contributed by atoms with E-state index < -0.39 is 0 Å². The molecule has 0 bridgehead atoms. The maximum absolute atomic E-state index is 7.22. The monoisotopic (exact) mass is 181 g/mol. The number of nitrogens with one attached hydrogen (secondary N) is 1. The summed E-state index contributed by atoms with van der Waals surface area (Å²) in [5, 5.41) is 7.22. The van der Waals surface area contributed by atoms with Crippen LogP contribution in [0, 0.1) is 5.41 Å². The average Bonchev–Trinajstić information content (AvgIpc) is 2.28. The van der Waals surface area contributed by atoms with E-state index in [9.17, 15) is 0 Å². The topological polar surface area (TPSA) is 93.7 Å². The Morgan fingerprint density at radius 3 is 2.31 bits per heavy atom. The van der Waals surface area contributed by atoms with Crippen LogP contribution in [0.4, 0.5) is 5.82 Å². The van der Waals surface area contributed by atoms with Gasteiger partial charge in [0.2, 0.25) is 0 Å². The number of nitrogens with two attached hydrogens (primary N) is 2. The third-order valence-corrected chi connectivity index (χ3v) is 1.78. The molecule has 0 aliphatic carbocycles. The van der Waals surface area contributed by atoms with Gasteiger partial charge in [0, 0.05) is 5.54 Å². The van der Waals surface area contributed by atoms with Crippen LogP contribution in [0.3, 0.4) is 0 Å². The summed E-state index contributed by atoms with van der Waals surface area (Å²) in [6, 6.07) is 0. The predicted octanol–water partition coefficient (Wildman–Crippen LogP) is 0.504. The Labute approximate surface area is 77.3 Å². The molecule has 1 heterocycles. The number of aromatic nitrogens is 2. The highest BCUT2D eigenvalue weighted by molar-refractivity contribution is 5.97. The van der Waals surface area contributed by atoms with Crippen molar-refractivity contribution < 1.29 is 0 Å². The first-order valence-electron chi connectivity index (χ1n) is 4.01. The number of hydrogen-bond acceptors (Lipinski definition) is 3. The van der Waals surface area contributed by atoms with Gasteiger partial charge in [0.1, 0.15) is 17.3 Å². The SMILES string of the molecule is CC(C)(C)n1cnc(C(=N)N)c1N. The van der Waals surface area contributed by atoms with Gasteiger partial charge >= 0.3 is 0 Å². The smallest absolute Gasteiger partial charge is 0.146 e. The molecule has 0 aromatic carbocycles. The van der Waals surface area contributed by atoms with Gasteiger partial charge in [-0.2, -0.15) is 0 Å². The van der Waals surface area contributed by atoms with Crippen LogP contribution >= 0.6 is 0 Å². The highest BCUT2D eigenvalue weighted by atomic mass is 15.2. The first kappa shape index (κ1) is 9.57. The summed E-state index contributed by atoms with van der Waals surface area (Å²) in [6.07, 6.45) is 1.60. The van der Waals surface area contributed by atoms with Gasteiger partial charge in [0.05, 0.1) is 6.33 Å². The van der Waals surface area contributed by atoms with Crippen LogP contribution in [0.15, 0.2) is 6.33 Å². The molecule has 0 atom stereocenters. The van der Waals surface area contributed by atoms with Crippen LogP contribution in [-0.4, -0.2) is 15.4 Å². The summed E-state index contributed by atoms with van der Waals surface area (Å²) in [5.41, 5.74) is 11.3. The van der Waals surface area contributed by atoms with Crippen molar-refractivity contribution in [1.82, 2.24) is 9.55 Å². The molecule has 5 nitrogen and oxygen atoms in total. The molecule has 0 aliphatic rings. The van der Waals surface area contributed by atoms with Gasteiger partial charge in [-0.15, -0.1) is 0 Å². The molecule has 1 aromatic rings. The quantitative estimate of drug-likeness (QED) is 0.435. The fourth-order valence-electron chi connectivity index (χ4n) is 1.10. The minimum Gasteiger partial charge on any atom is -0.383 e. The molecule has 13 heavy (non-hydrogen) atoms. The second-order valence-corrected chi connectivity index (χ2v) is 3.93. The summed E-state index contributed by atoms with van der Waals surface area (Å²) >= 11 is 0. The maximum atomic E-state index is 7.22. The number of nitrogens with zero attached hydrogens (tertiary/aromatic N) is 2. The largest absolute Gasteiger partial charge is 0.383 e. The predicted molar refractivity (Wildman–Crippen MR) is 52.7 cm³/mol. The van der Waals surface area contributed by atoms with Crippen molar-refractivity contribution in [2.45, 2.75) is 26.3 Å². The van der Waals surface area contributed by atoms with Crippen LogP contribution < -0.4 is 11.5 Å². The Balaban J connectivity index is 3.22. The lowest BCUT2D eigenvalue weighted by atomic mass is 10.1. The van der Waals surface area contributed by atoms with Gasteiger partial charge in [-0.1, -0.05) is 0 Å². The summed E-state index contributed by atoms with van der Waals surface area (Å²) in [6.45, 7) is 6.03. The normalized spacial score (nSPS) is 11.6. The van der Waals surface area contributed by atoms with Crippen molar-refractivity contribution in [3.8, 4) is 0 Å². The lowest BCUT2D eigenvalue weighted by Gasteiger charge is -2.21. The molecule has 0 radical (unpaired) electrons. The molecule has 0 aliphatic heterocycles. The van der Waals surface area contributed by atoms with Crippen LogP contribution in [-0.2, 0) is 5.54 Å². The number of nitrogen functional groups attached to an aromatic ring is 2. The van der Waals surface area contributed by atoms with E-state index in [1.54, 1.807) is 10.9 Å². The lowest BCUT2D eigenvalue weighted by molar-refractivity contribution is 0.402. The van der Waals surface area contributed by atoms with Crippen LogP contribution in [0.25, 0.3) is 0 Å². The fraction of sp³-hybridized carbons (Fsp3) is 0.500. The summed E-state index contributed by atoms with van der Waals surface area (Å²) in [7, 11) is 0. The van der Waals surface area contributed by atoms with Crippen molar-refractivity contribution in [2.75, 3.05) is 5.73 Å².